The molecule has 32 heavy (non-hydrogen) atoms. The molecule has 0 aromatic heterocycles. The number of rotatable bonds is 8. The van der Waals surface area contributed by atoms with Crippen LogP contribution in [0.1, 0.15) is 22.7 Å². The van der Waals surface area contributed by atoms with Crippen molar-refractivity contribution in [1.82, 2.24) is 10.6 Å². The molecule has 3 aromatic rings. The zero-order chi connectivity index (χ0) is 23.4. The molecule has 168 valence electrons. The fraction of sp³-hybridized carbons (Fsp3) is 0.160. The molecule has 0 fully saturated rings. The molecule has 0 aliphatic heterocycles. The highest BCUT2D eigenvalue weighted by atomic mass is 16.3. The quantitative estimate of drug-likeness (QED) is 0.319. The van der Waals surface area contributed by atoms with Crippen LogP contribution in [0.15, 0.2) is 91.0 Å². The van der Waals surface area contributed by atoms with Crippen LogP contribution in [0.4, 0.5) is 0 Å². The monoisotopic (exact) mass is 436 g/mol. The molecule has 7 heteroatoms. The van der Waals surface area contributed by atoms with Crippen molar-refractivity contribution in [3.63, 3.8) is 0 Å². The molecule has 7 nitrogen and oxygen atoms in total. The third kappa shape index (κ3) is 10.7. The Labute approximate surface area is 187 Å². The number of hydrogen-bond acceptors (Lipinski definition) is 4. The standard InChI is InChI=1S/C23H24N2O.2CH2O2/c26-22(18-24-17-16-19-10-4-1-5-11-19)25-23(20-12-6-2-7-13-20)21-14-8-3-9-15-21;2*2-1-3/h1-15,23-24H,16-18H2,(H,25,26);2*1H,(H,2,3). The number of carboxylic acid groups (broad SMARTS) is 2. The Balaban J connectivity index is 0.000000769. The molecule has 1 amide bonds. The first-order valence-electron chi connectivity index (χ1n) is 9.95. The summed E-state index contributed by atoms with van der Waals surface area (Å²) in [5.41, 5.74) is 3.43. The molecule has 0 radical (unpaired) electrons. The predicted octanol–water partition coefficient (Wildman–Crippen LogP) is 3.13. The lowest BCUT2D eigenvalue weighted by Crippen LogP contribution is -2.37. The van der Waals surface area contributed by atoms with E-state index in [1.165, 1.54) is 5.56 Å². The van der Waals surface area contributed by atoms with E-state index in [1.54, 1.807) is 0 Å². The summed E-state index contributed by atoms with van der Waals surface area (Å²) in [6, 6.07) is 30.3. The van der Waals surface area contributed by atoms with Crippen molar-refractivity contribution < 1.29 is 24.6 Å². The van der Waals surface area contributed by atoms with Gasteiger partial charge in [0.2, 0.25) is 5.91 Å². The molecular weight excluding hydrogens is 408 g/mol. The van der Waals surface area contributed by atoms with Crippen molar-refractivity contribution in [2.45, 2.75) is 12.5 Å². The van der Waals surface area contributed by atoms with Crippen molar-refractivity contribution in [1.29, 1.82) is 0 Å². The fourth-order valence-corrected chi connectivity index (χ4v) is 2.94. The molecule has 0 spiro atoms. The SMILES string of the molecule is O=C(CNCCc1ccccc1)NC(c1ccccc1)c1ccccc1.O=CO.O=CO. The molecule has 0 aliphatic carbocycles. The van der Waals surface area contributed by atoms with Gasteiger partial charge in [-0.1, -0.05) is 91.0 Å². The van der Waals surface area contributed by atoms with Gasteiger partial charge in [-0.2, -0.15) is 0 Å². The third-order valence-corrected chi connectivity index (χ3v) is 4.29. The van der Waals surface area contributed by atoms with E-state index in [9.17, 15) is 4.79 Å². The van der Waals surface area contributed by atoms with Crippen molar-refractivity contribution in [2.75, 3.05) is 13.1 Å². The van der Waals surface area contributed by atoms with E-state index in [4.69, 9.17) is 19.8 Å². The highest BCUT2D eigenvalue weighted by molar-refractivity contribution is 5.79. The van der Waals surface area contributed by atoms with Crippen molar-refractivity contribution in [3.8, 4) is 0 Å². The Morgan fingerprint density at radius 1 is 0.750 bits per heavy atom. The van der Waals surface area contributed by atoms with Crippen LogP contribution in [0.25, 0.3) is 0 Å². The number of benzene rings is 3. The maximum absolute atomic E-state index is 12.4. The van der Waals surface area contributed by atoms with Gasteiger partial charge in [-0.05, 0) is 29.7 Å². The van der Waals surface area contributed by atoms with Gasteiger partial charge in [0.05, 0.1) is 12.6 Å². The van der Waals surface area contributed by atoms with Crippen molar-refractivity contribution in [3.05, 3.63) is 108 Å². The Kier molecular flexibility index (Phi) is 13.7. The van der Waals surface area contributed by atoms with E-state index >= 15 is 0 Å². The van der Waals surface area contributed by atoms with Crippen LogP contribution >= 0.6 is 0 Å². The van der Waals surface area contributed by atoms with Gasteiger partial charge in [-0.15, -0.1) is 0 Å². The molecule has 0 aliphatic rings. The zero-order valence-electron chi connectivity index (χ0n) is 17.6. The molecule has 0 heterocycles. The second kappa shape index (κ2) is 16.8. The summed E-state index contributed by atoms with van der Waals surface area (Å²) in [6.07, 6.45) is 0.912. The maximum atomic E-state index is 12.4. The number of carbonyl (C=O) groups is 3. The third-order valence-electron chi connectivity index (χ3n) is 4.29. The van der Waals surface area contributed by atoms with Gasteiger partial charge in [-0.3, -0.25) is 14.4 Å². The van der Waals surface area contributed by atoms with Crippen LogP contribution in [-0.4, -0.2) is 42.2 Å². The first kappa shape index (κ1) is 26.1. The van der Waals surface area contributed by atoms with Crippen molar-refractivity contribution in [2.24, 2.45) is 0 Å². The first-order valence-corrected chi connectivity index (χ1v) is 9.95. The van der Waals surface area contributed by atoms with E-state index in [0.29, 0.717) is 6.54 Å². The Hall–Kier alpha value is -3.97. The van der Waals surface area contributed by atoms with Crippen molar-refractivity contribution >= 4 is 18.9 Å². The van der Waals surface area contributed by atoms with E-state index in [-0.39, 0.29) is 24.9 Å². The average Bonchev–Trinajstić information content (AvgIpc) is 2.83. The molecule has 0 saturated carbocycles. The van der Waals surface area contributed by atoms with Crippen LogP contribution in [0, 0.1) is 0 Å². The summed E-state index contributed by atoms with van der Waals surface area (Å²) >= 11 is 0. The smallest absolute Gasteiger partial charge is 0.290 e. The molecule has 3 aromatic carbocycles. The second-order valence-corrected chi connectivity index (χ2v) is 6.45. The van der Waals surface area contributed by atoms with Crippen LogP contribution in [0.2, 0.25) is 0 Å². The fourth-order valence-electron chi connectivity index (χ4n) is 2.94. The predicted molar refractivity (Wildman–Crippen MR) is 123 cm³/mol. The summed E-state index contributed by atoms with van der Waals surface area (Å²) in [7, 11) is 0. The highest BCUT2D eigenvalue weighted by Gasteiger charge is 2.16. The largest absolute Gasteiger partial charge is 0.483 e. The lowest BCUT2D eigenvalue weighted by Gasteiger charge is -2.20. The van der Waals surface area contributed by atoms with Gasteiger partial charge < -0.3 is 20.8 Å². The van der Waals surface area contributed by atoms with Crippen LogP contribution in [0.3, 0.4) is 0 Å². The van der Waals surface area contributed by atoms with E-state index < -0.39 is 0 Å². The van der Waals surface area contributed by atoms with Gasteiger partial charge in [0.25, 0.3) is 12.9 Å². The molecule has 0 atom stereocenters. The van der Waals surface area contributed by atoms with E-state index in [2.05, 4.69) is 22.8 Å². The van der Waals surface area contributed by atoms with E-state index in [0.717, 1.165) is 24.1 Å². The van der Waals surface area contributed by atoms with Crippen LogP contribution in [-0.2, 0) is 20.8 Å². The minimum Gasteiger partial charge on any atom is -0.483 e. The average molecular weight is 437 g/mol. The molecule has 0 saturated heterocycles. The number of nitrogens with one attached hydrogen (secondary N) is 2. The lowest BCUT2D eigenvalue weighted by atomic mass is 9.99. The summed E-state index contributed by atoms with van der Waals surface area (Å²) in [5.74, 6) is -0.00392. The molecule has 0 unspecified atom stereocenters. The minimum absolute atomic E-state index is 0.00392. The highest BCUT2D eigenvalue weighted by Crippen LogP contribution is 2.21. The minimum atomic E-state index is -0.250. The van der Waals surface area contributed by atoms with Gasteiger partial charge in [0.1, 0.15) is 0 Å². The van der Waals surface area contributed by atoms with Gasteiger partial charge >= 0.3 is 0 Å². The summed E-state index contributed by atoms with van der Waals surface area (Å²) in [5, 5.41) is 20.2. The van der Waals surface area contributed by atoms with E-state index in [1.807, 2.05) is 78.9 Å². The summed E-state index contributed by atoms with van der Waals surface area (Å²) < 4.78 is 0. The Morgan fingerprint density at radius 3 is 1.59 bits per heavy atom. The molecular formula is C25H28N2O5. The Morgan fingerprint density at radius 2 is 1.16 bits per heavy atom. The summed E-state index contributed by atoms with van der Waals surface area (Å²) in [4.78, 5) is 29.2. The maximum Gasteiger partial charge on any atom is 0.290 e. The van der Waals surface area contributed by atoms with Gasteiger partial charge in [0.15, 0.2) is 0 Å². The summed E-state index contributed by atoms with van der Waals surface area (Å²) in [6.45, 7) is 0.585. The molecule has 4 N–H and O–H groups in total. The topological polar surface area (TPSA) is 116 Å². The second-order valence-electron chi connectivity index (χ2n) is 6.45. The Bertz CT molecular complexity index is 844. The normalized spacial score (nSPS) is 9.41. The number of carbonyl (C=O) groups excluding carboxylic acids is 1. The lowest BCUT2D eigenvalue weighted by molar-refractivity contribution is -0.123. The molecule has 3 rings (SSSR count). The van der Waals surface area contributed by atoms with Crippen LogP contribution in [0.5, 0.6) is 0 Å². The zero-order valence-corrected chi connectivity index (χ0v) is 17.6. The van der Waals surface area contributed by atoms with Gasteiger partial charge in [0, 0.05) is 0 Å². The number of amides is 1. The van der Waals surface area contributed by atoms with Gasteiger partial charge in [-0.25, -0.2) is 0 Å². The first-order chi connectivity index (χ1) is 15.7. The van der Waals surface area contributed by atoms with Crippen LogP contribution < -0.4 is 10.6 Å². The number of hydrogen-bond donors (Lipinski definition) is 4. The molecule has 0 bridgehead atoms.